The van der Waals surface area contributed by atoms with Crippen LogP contribution in [0.2, 0.25) is 0 Å². The van der Waals surface area contributed by atoms with Crippen molar-refractivity contribution in [3.05, 3.63) is 35.6 Å². The van der Waals surface area contributed by atoms with Crippen LogP contribution >= 0.6 is 0 Å². The summed E-state index contributed by atoms with van der Waals surface area (Å²) in [5.41, 5.74) is 0.263. The van der Waals surface area contributed by atoms with E-state index < -0.39 is 17.8 Å². The summed E-state index contributed by atoms with van der Waals surface area (Å²) >= 11 is 0. The predicted octanol–water partition coefficient (Wildman–Crippen LogP) is 1.13. The molecular weight excluding hydrogens is 343 g/mol. The Labute approximate surface area is 151 Å². The number of hydrogen-bond donors (Lipinski definition) is 1. The van der Waals surface area contributed by atoms with E-state index in [4.69, 9.17) is 4.74 Å². The van der Waals surface area contributed by atoms with E-state index in [0.717, 1.165) is 0 Å². The molecule has 26 heavy (non-hydrogen) atoms. The zero-order valence-corrected chi connectivity index (χ0v) is 14.7. The molecule has 0 unspecified atom stereocenters. The van der Waals surface area contributed by atoms with Gasteiger partial charge in [0, 0.05) is 25.1 Å². The van der Waals surface area contributed by atoms with Crippen LogP contribution in [0.5, 0.6) is 0 Å². The average Bonchev–Trinajstić information content (AvgIpc) is 2.67. The van der Waals surface area contributed by atoms with Gasteiger partial charge in [0.05, 0.1) is 20.3 Å². The standard InChI is InChI=1S/C18H23FN2O5/c1-25-16(22)4-2-3-15(18(24)21-9-11-26-12-10-21)20-17(23)13-5-7-14(19)8-6-13/h5-8,15H,2-4,9-12H2,1H3,(H,20,23)/t15-/m0/s1. The number of esters is 1. The van der Waals surface area contributed by atoms with Crippen LogP contribution < -0.4 is 5.32 Å². The quantitative estimate of drug-likeness (QED) is 0.731. The van der Waals surface area contributed by atoms with Crippen LogP contribution in [0, 0.1) is 5.82 Å². The number of hydrogen-bond acceptors (Lipinski definition) is 5. The molecule has 0 saturated carbocycles. The molecule has 2 amide bonds. The molecular formula is C18H23FN2O5. The molecule has 0 aliphatic carbocycles. The van der Waals surface area contributed by atoms with Gasteiger partial charge in [0.2, 0.25) is 5.91 Å². The third-order valence-electron chi connectivity index (χ3n) is 4.13. The summed E-state index contributed by atoms with van der Waals surface area (Å²) in [6.07, 6.45) is 0.866. The van der Waals surface area contributed by atoms with Crippen molar-refractivity contribution < 1.29 is 28.2 Å². The largest absolute Gasteiger partial charge is 0.469 e. The zero-order chi connectivity index (χ0) is 18.9. The van der Waals surface area contributed by atoms with Gasteiger partial charge in [-0.3, -0.25) is 14.4 Å². The van der Waals surface area contributed by atoms with Crippen LogP contribution in [-0.4, -0.2) is 62.1 Å². The van der Waals surface area contributed by atoms with E-state index in [1.165, 1.54) is 31.4 Å². The van der Waals surface area contributed by atoms with Crippen LogP contribution in [-0.2, 0) is 19.1 Å². The summed E-state index contributed by atoms with van der Waals surface area (Å²) in [7, 11) is 1.30. The number of nitrogens with one attached hydrogen (secondary N) is 1. The van der Waals surface area contributed by atoms with Gasteiger partial charge in [0.25, 0.3) is 5.91 Å². The summed E-state index contributed by atoms with van der Waals surface area (Å²) in [6.45, 7) is 1.82. The van der Waals surface area contributed by atoms with Crippen molar-refractivity contribution in [1.82, 2.24) is 10.2 Å². The monoisotopic (exact) mass is 366 g/mol. The number of morpholine rings is 1. The molecule has 1 aliphatic rings. The summed E-state index contributed by atoms with van der Waals surface area (Å²) in [4.78, 5) is 38.0. The van der Waals surface area contributed by atoms with E-state index >= 15 is 0 Å². The van der Waals surface area contributed by atoms with Gasteiger partial charge in [0.15, 0.2) is 0 Å². The Balaban J connectivity index is 2.02. The van der Waals surface area contributed by atoms with Gasteiger partial charge in [-0.05, 0) is 37.1 Å². The molecule has 0 aromatic heterocycles. The van der Waals surface area contributed by atoms with Crippen molar-refractivity contribution in [2.75, 3.05) is 33.4 Å². The maximum absolute atomic E-state index is 13.0. The Kier molecular flexibility index (Phi) is 7.53. The maximum Gasteiger partial charge on any atom is 0.305 e. The fraction of sp³-hybridized carbons (Fsp3) is 0.500. The zero-order valence-electron chi connectivity index (χ0n) is 14.7. The molecule has 7 nitrogen and oxygen atoms in total. The van der Waals surface area contributed by atoms with E-state index in [1.807, 2.05) is 0 Å². The summed E-state index contributed by atoms with van der Waals surface area (Å²) in [5, 5.41) is 2.70. The molecule has 1 N–H and O–H groups in total. The fourth-order valence-corrected chi connectivity index (χ4v) is 2.66. The second-order valence-corrected chi connectivity index (χ2v) is 5.94. The minimum atomic E-state index is -0.768. The topological polar surface area (TPSA) is 84.9 Å². The van der Waals surface area contributed by atoms with Gasteiger partial charge in [-0.25, -0.2) is 4.39 Å². The molecule has 1 aliphatic heterocycles. The van der Waals surface area contributed by atoms with Crippen molar-refractivity contribution in [3.8, 4) is 0 Å². The summed E-state index contributed by atoms with van der Waals surface area (Å²) in [5.74, 6) is -1.49. The highest BCUT2D eigenvalue weighted by Gasteiger charge is 2.27. The SMILES string of the molecule is COC(=O)CCC[C@H](NC(=O)c1ccc(F)cc1)C(=O)N1CCOCC1. The number of rotatable bonds is 7. The van der Waals surface area contributed by atoms with Crippen LogP contribution in [0.3, 0.4) is 0 Å². The Hall–Kier alpha value is -2.48. The number of methoxy groups -OCH3 is 1. The molecule has 1 aromatic carbocycles. The number of benzene rings is 1. The first-order valence-electron chi connectivity index (χ1n) is 8.51. The number of ether oxygens (including phenoxy) is 2. The van der Waals surface area contributed by atoms with Crippen LogP contribution in [0.25, 0.3) is 0 Å². The lowest BCUT2D eigenvalue weighted by atomic mass is 10.1. The van der Waals surface area contributed by atoms with Crippen molar-refractivity contribution >= 4 is 17.8 Å². The van der Waals surface area contributed by atoms with Crippen molar-refractivity contribution in [3.63, 3.8) is 0 Å². The lowest BCUT2D eigenvalue weighted by molar-refractivity contribution is -0.141. The second-order valence-electron chi connectivity index (χ2n) is 5.94. The average molecular weight is 366 g/mol. The lowest BCUT2D eigenvalue weighted by Crippen LogP contribution is -2.51. The van der Waals surface area contributed by atoms with Crippen LogP contribution in [0.1, 0.15) is 29.6 Å². The Morgan fingerprint density at radius 1 is 1.23 bits per heavy atom. The van der Waals surface area contributed by atoms with E-state index in [2.05, 4.69) is 10.1 Å². The van der Waals surface area contributed by atoms with E-state index in [-0.39, 0.29) is 23.9 Å². The van der Waals surface area contributed by atoms with Crippen molar-refractivity contribution in [1.29, 1.82) is 0 Å². The molecule has 0 radical (unpaired) electrons. The second kappa shape index (κ2) is 9.86. The molecule has 1 aromatic rings. The first-order valence-corrected chi connectivity index (χ1v) is 8.51. The van der Waals surface area contributed by atoms with Gasteiger partial charge >= 0.3 is 5.97 Å². The molecule has 0 spiro atoms. The van der Waals surface area contributed by atoms with Gasteiger partial charge in [0.1, 0.15) is 11.9 Å². The Bertz CT molecular complexity index is 629. The predicted molar refractivity (Wildman–Crippen MR) is 90.9 cm³/mol. The van der Waals surface area contributed by atoms with Crippen LogP contribution in [0.15, 0.2) is 24.3 Å². The maximum atomic E-state index is 13.0. The molecule has 1 fully saturated rings. The molecule has 1 heterocycles. The van der Waals surface area contributed by atoms with Crippen molar-refractivity contribution in [2.24, 2.45) is 0 Å². The number of carbonyl (C=O) groups excluding carboxylic acids is 3. The van der Waals surface area contributed by atoms with Gasteiger partial charge in [-0.1, -0.05) is 0 Å². The molecule has 1 saturated heterocycles. The number of amides is 2. The number of halogens is 1. The van der Waals surface area contributed by atoms with Crippen molar-refractivity contribution in [2.45, 2.75) is 25.3 Å². The number of carbonyl (C=O) groups is 3. The smallest absolute Gasteiger partial charge is 0.305 e. The highest BCUT2D eigenvalue weighted by molar-refractivity contribution is 5.97. The molecule has 8 heteroatoms. The fourth-order valence-electron chi connectivity index (χ4n) is 2.66. The first kappa shape index (κ1) is 19.8. The molecule has 1 atom stereocenters. The number of nitrogens with zero attached hydrogens (tertiary/aromatic N) is 1. The minimum Gasteiger partial charge on any atom is -0.469 e. The van der Waals surface area contributed by atoms with Gasteiger partial charge in [-0.2, -0.15) is 0 Å². The minimum absolute atomic E-state index is 0.163. The van der Waals surface area contributed by atoms with E-state index in [1.54, 1.807) is 4.90 Å². The summed E-state index contributed by atoms with van der Waals surface area (Å²) < 4.78 is 22.8. The van der Waals surface area contributed by atoms with Gasteiger partial charge in [-0.15, -0.1) is 0 Å². The van der Waals surface area contributed by atoms with Crippen LogP contribution in [0.4, 0.5) is 4.39 Å². The molecule has 2 rings (SSSR count). The Morgan fingerprint density at radius 2 is 1.88 bits per heavy atom. The summed E-state index contributed by atoms with van der Waals surface area (Å²) in [6, 6.07) is 4.32. The third-order valence-corrected chi connectivity index (χ3v) is 4.13. The lowest BCUT2D eigenvalue weighted by Gasteiger charge is -2.30. The molecule has 142 valence electrons. The third kappa shape index (κ3) is 5.80. The molecule has 0 bridgehead atoms. The highest BCUT2D eigenvalue weighted by atomic mass is 19.1. The highest BCUT2D eigenvalue weighted by Crippen LogP contribution is 2.10. The normalized spacial score (nSPS) is 15.2. The Morgan fingerprint density at radius 3 is 2.50 bits per heavy atom. The van der Waals surface area contributed by atoms with E-state index in [9.17, 15) is 18.8 Å². The van der Waals surface area contributed by atoms with E-state index in [0.29, 0.717) is 39.1 Å². The first-order chi connectivity index (χ1) is 12.5. The van der Waals surface area contributed by atoms with Gasteiger partial charge < -0.3 is 19.7 Å².